The number of allylic oxidation sites excluding steroid dienone is 2. The van der Waals surface area contributed by atoms with Crippen LogP contribution in [-0.2, 0) is 0 Å². The Morgan fingerprint density at radius 2 is 1.35 bits per heavy atom. The van der Waals surface area contributed by atoms with E-state index < -0.39 is 0 Å². The summed E-state index contributed by atoms with van der Waals surface area (Å²) < 4.78 is 19.1. The molecule has 254 valence electrons. The van der Waals surface area contributed by atoms with Crippen molar-refractivity contribution >= 4 is 43.9 Å². The number of aryl methyl sites for hydroxylation is 1. The first-order valence-electron chi connectivity index (χ1n) is 17.9. The monoisotopic (exact) mass is 679 g/mol. The number of nitrogens with one attached hydrogen (secondary N) is 2. The van der Waals surface area contributed by atoms with Crippen molar-refractivity contribution in [2.45, 2.75) is 31.3 Å². The zero-order chi connectivity index (χ0) is 34.8. The molecule has 0 radical (unpaired) electrons. The van der Waals surface area contributed by atoms with Crippen LogP contribution in [0.15, 0.2) is 160 Å². The van der Waals surface area contributed by atoms with Gasteiger partial charge in [0.15, 0.2) is 0 Å². The molecule has 6 nitrogen and oxygen atoms in total. The van der Waals surface area contributed by atoms with Gasteiger partial charge in [0, 0.05) is 39.6 Å². The Morgan fingerprint density at radius 3 is 2.15 bits per heavy atom. The summed E-state index contributed by atoms with van der Waals surface area (Å²) >= 11 is 0. The van der Waals surface area contributed by atoms with Crippen LogP contribution in [-0.4, -0.2) is 12.6 Å². The van der Waals surface area contributed by atoms with Crippen LogP contribution in [0.3, 0.4) is 0 Å². The van der Waals surface area contributed by atoms with Crippen molar-refractivity contribution in [1.29, 1.82) is 0 Å². The SMILES string of the molecule is Cc1cc2oc3ccccc3c2cc1C(NCC1=CC=CC2c3cc(-c4ccc5c(c4)oc4ccccc45)ccc3OC12)NC(N)c1ccccc1. The van der Waals surface area contributed by atoms with Crippen molar-refractivity contribution < 1.29 is 13.6 Å². The van der Waals surface area contributed by atoms with Crippen LogP contribution in [0.25, 0.3) is 55.0 Å². The van der Waals surface area contributed by atoms with Gasteiger partial charge in [0.25, 0.3) is 0 Å². The zero-order valence-corrected chi connectivity index (χ0v) is 28.7. The Labute approximate surface area is 301 Å². The first-order chi connectivity index (χ1) is 25.6. The van der Waals surface area contributed by atoms with E-state index in [1.54, 1.807) is 0 Å². The highest BCUT2D eigenvalue weighted by molar-refractivity contribution is 6.06. The average Bonchev–Trinajstić information content (AvgIpc) is 3.87. The number of benzene rings is 6. The Hall–Kier alpha value is -5.92. The summed E-state index contributed by atoms with van der Waals surface area (Å²) in [4.78, 5) is 0. The zero-order valence-electron chi connectivity index (χ0n) is 28.7. The van der Waals surface area contributed by atoms with Crippen molar-refractivity contribution in [3.63, 3.8) is 0 Å². The summed E-state index contributed by atoms with van der Waals surface area (Å²) in [5.41, 5.74) is 18.3. The molecular formula is C46H37N3O3. The Kier molecular flexibility index (Phi) is 7.35. The largest absolute Gasteiger partial charge is 0.485 e. The fraction of sp³-hybridized carbons (Fsp3) is 0.130. The minimum atomic E-state index is -0.382. The minimum Gasteiger partial charge on any atom is -0.485 e. The third-order valence-electron chi connectivity index (χ3n) is 10.7. The maximum Gasteiger partial charge on any atom is 0.136 e. The number of hydrogen-bond donors (Lipinski definition) is 3. The van der Waals surface area contributed by atoms with E-state index in [1.807, 2.05) is 42.5 Å². The Balaban J connectivity index is 0.937. The van der Waals surface area contributed by atoms with Crippen molar-refractivity contribution in [2.24, 2.45) is 5.73 Å². The van der Waals surface area contributed by atoms with Crippen LogP contribution >= 0.6 is 0 Å². The molecule has 1 aliphatic carbocycles. The van der Waals surface area contributed by atoms with Crippen LogP contribution in [0.5, 0.6) is 5.75 Å². The molecule has 52 heavy (non-hydrogen) atoms. The van der Waals surface area contributed by atoms with E-state index in [4.69, 9.17) is 19.3 Å². The van der Waals surface area contributed by atoms with E-state index in [-0.39, 0.29) is 24.4 Å². The van der Waals surface area contributed by atoms with E-state index >= 15 is 0 Å². The molecule has 0 spiro atoms. The quantitative estimate of drug-likeness (QED) is 0.139. The first kappa shape index (κ1) is 30.9. The van der Waals surface area contributed by atoms with Gasteiger partial charge in [0.2, 0.25) is 0 Å². The summed E-state index contributed by atoms with van der Waals surface area (Å²) in [5.74, 6) is 1.04. The maximum atomic E-state index is 6.80. The van der Waals surface area contributed by atoms with Crippen molar-refractivity contribution in [2.75, 3.05) is 6.54 Å². The van der Waals surface area contributed by atoms with Crippen molar-refractivity contribution in [3.8, 4) is 16.9 Å². The molecule has 4 atom stereocenters. The molecule has 6 aromatic carbocycles. The molecule has 10 rings (SSSR count). The van der Waals surface area contributed by atoms with Crippen LogP contribution in [0, 0.1) is 6.92 Å². The van der Waals surface area contributed by atoms with E-state index in [9.17, 15) is 0 Å². The Morgan fingerprint density at radius 1 is 0.673 bits per heavy atom. The highest BCUT2D eigenvalue weighted by Gasteiger charge is 2.37. The van der Waals surface area contributed by atoms with Crippen LogP contribution < -0.4 is 21.1 Å². The molecule has 6 heteroatoms. The van der Waals surface area contributed by atoms with Gasteiger partial charge in [-0.05, 0) is 88.8 Å². The lowest BCUT2D eigenvalue weighted by atomic mass is 9.86. The number of ether oxygens (including phenoxy) is 1. The topological polar surface area (TPSA) is 85.6 Å². The predicted octanol–water partition coefficient (Wildman–Crippen LogP) is 10.3. The van der Waals surface area contributed by atoms with E-state index in [1.165, 1.54) is 11.1 Å². The second-order valence-corrected chi connectivity index (χ2v) is 13.9. The number of para-hydroxylation sites is 2. The smallest absolute Gasteiger partial charge is 0.136 e. The molecular weight excluding hydrogens is 643 g/mol. The lowest BCUT2D eigenvalue weighted by Gasteiger charge is -2.29. The average molecular weight is 680 g/mol. The number of furan rings is 2. The normalized spacial score (nSPS) is 17.7. The summed E-state index contributed by atoms with van der Waals surface area (Å²) in [6.07, 6.45) is 5.87. The van der Waals surface area contributed by atoms with Gasteiger partial charge in [0.05, 0.1) is 12.3 Å². The van der Waals surface area contributed by atoms with Gasteiger partial charge in [0.1, 0.15) is 34.2 Å². The van der Waals surface area contributed by atoms with E-state index in [0.717, 1.165) is 77.4 Å². The molecule has 8 aromatic rings. The molecule has 3 heterocycles. The molecule has 1 aliphatic heterocycles. The Bertz CT molecular complexity index is 2700. The van der Waals surface area contributed by atoms with Gasteiger partial charge < -0.3 is 19.3 Å². The molecule has 0 bridgehead atoms. The van der Waals surface area contributed by atoms with Crippen molar-refractivity contribution in [1.82, 2.24) is 10.6 Å². The summed E-state index contributed by atoms with van der Waals surface area (Å²) in [5, 5.41) is 12.0. The lowest BCUT2D eigenvalue weighted by molar-refractivity contribution is 0.248. The standard InChI is InChI=1S/C46H37N3O3/c1-27-22-42-38(33-14-6-8-17-40(33)50-42)25-36(27)46(49-45(47)28-10-3-2-4-11-28)48-26-31-12-9-15-35-37-23-29(19-21-41(37)52-44(31)35)30-18-20-34-32-13-5-7-16-39(32)51-43(34)24-30/h2-25,35,44-46,48-49H,26,47H2,1H3. The molecule has 2 aromatic heterocycles. The summed E-state index contributed by atoms with van der Waals surface area (Å²) in [6, 6.07) is 44.0. The molecule has 4 N–H and O–H groups in total. The predicted molar refractivity (Wildman–Crippen MR) is 209 cm³/mol. The lowest BCUT2D eigenvalue weighted by Crippen LogP contribution is -2.42. The van der Waals surface area contributed by atoms with Gasteiger partial charge in [-0.1, -0.05) is 97.1 Å². The molecule has 4 unspecified atom stereocenters. The van der Waals surface area contributed by atoms with E-state index in [0.29, 0.717) is 6.54 Å². The number of hydrogen-bond acceptors (Lipinski definition) is 6. The minimum absolute atomic E-state index is 0.106. The fourth-order valence-electron chi connectivity index (χ4n) is 8.05. The van der Waals surface area contributed by atoms with Gasteiger partial charge in [-0.25, -0.2) is 0 Å². The maximum absolute atomic E-state index is 6.80. The number of fused-ring (bicyclic) bond motifs is 9. The fourth-order valence-corrected chi connectivity index (χ4v) is 8.05. The highest BCUT2D eigenvalue weighted by atomic mass is 16.5. The summed E-state index contributed by atoms with van der Waals surface area (Å²) in [6.45, 7) is 2.74. The second-order valence-electron chi connectivity index (χ2n) is 13.9. The first-order valence-corrected chi connectivity index (χ1v) is 17.9. The number of rotatable bonds is 8. The van der Waals surface area contributed by atoms with Crippen LogP contribution in [0.2, 0.25) is 0 Å². The van der Waals surface area contributed by atoms with Gasteiger partial charge in [-0.15, -0.1) is 0 Å². The van der Waals surface area contributed by atoms with Crippen LogP contribution in [0.1, 0.15) is 40.5 Å². The van der Waals surface area contributed by atoms with Gasteiger partial charge in [-0.3, -0.25) is 10.6 Å². The molecule has 0 saturated heterocycles. The van der Waals surface area contributed by atoms with Crippen LogP contribution in [0.4, 0.5) is 0 Å². The molecule has 0 fully saturated rings. The third-order valence-corrected chi connectivity index (χ3v) is 10.7. The molecule has 2 aliphatic rings. The second kappa shape index (κ2) is 12.4. The summed E-state index contributed by atoms with van der Waals surface area (Å²) in [7, 11) is 0. The number of nitrogens with two attached hydrogens (primary N) is 1. The van der Waals surface area contributed by atoms with Gasteiger partial charge >= 0.3 is 0 Å². The molecule has 0 saturated carbocycles. The third kappa shape index (κ3) is 5.23. The van der Waals surface area contributed by atoms with Gasteiger partial charge in [-0.2, -0.15) is 0 Å². The molecule has 0 amide bonds. The van der Waals surface area contributed by atoms with Crippen molar-refractivity contribution in [3.05, 3.63) is 173 Å². The highest BCUT2D eigenvalue weighted by Crippen LogP contribution is 2.45. The van der Waals surface area contributed by atoms with E-state index in [2.05, 4.69) is 121 Å².